The zero-order valence-electron chi connectivity index (χ0n) is 11.8. The summed E-state index contributed by atoms with van der Waals surface area (Å²) >= 11 is 0. The van der Waals surface area contributed by atoms with Crippen LogP contribution in [0.3, 0.4) is 0 Å². The van der Waals surface area contributed by atoms with Crippen molar-refractivity contribution in [1.29, 1.82) is 0 Å². The summed E-state index contributed by atoms with van der Waals surface area (Å²) in [6.45, 7) is 1.38. The smallest absolute Gasteiger partial charge is 0.303 e. The highest BCUT2D eigenvalue weighted by Gasteiger charge is 2.29. The number of aromatic nitrogens is 1. The number of nitrogens with two attached hydrogens (primary N) is 1. The maximum Gasteiger partial charge on any atom is 0.303 e. The van der Waals surface area contributed by atoms with Gasteiger partial charge in [0, 0.05) is 12.3 Å². The van der Waals surface area contributed by atoms with Gasteiger partial charge in [0.05, 0.1) is 16.8 Å². The van der Waals surface area contributed by atoms with E-state index in [0.717, 1.165) is 30.2 Å². The van der Waals surface area contributed by atoms with Crippen LogP contribution in [0.25, 0.3) is 10.9 Å². The van der Waals surface area contributed by atoms with Crippen LogP contribution in [0, 0.1) is 0 Å². The first kappa shape index (κ1) is 13.5. The minimum Gasteiger partial charge on any atom is -0.456 e. The Balaban J connectivity index is 2.27. The lowest BCUT2D eigenvalue weighted by atomic mass is 9.88. The highest BCUT2D eigenvalue weighted by atomic mass is 16.5. The summed E-state index contributed by atoms with van der Waals surface area (Å²) in [5, 5.41) is 0.757. The summed E-state index contributed by atoms with van der Waals surface area (Å²) in [6, 6.07) is 7.39. The molecule has 0 saturated carbocycles. The summed E-state index contributed by atoms with van der Waals surface area (Å²) in [7, 11) is 0. The highest BCUT2D eigenvalue weighted by molar-refractivity contribution is 6.07. The molecule has 21 heavy (non-hydrogen) atoms. The molecule has 5 heteroatoms. The van der Waals surface area contributed by atoms with Crippen LogP contribution in [-0.4, -0.2) is 16.9 Å². The van der Waals surface area contributed by atoms with Crippen molar-refractivity contribution in [1.82, 2.24) is 4.98 Å². The number of esters is 1. The molecule has 0 bridgehead atoms. The summed E-state index contributed by atoms with van der Waals surface area (Å²) in [5.74, 6) is -0.809. The van der Waals surface area contributed by atoms with Gasteiger partial charge in [-0.3, -0.25) is 9.59 Å². The first-order chi connectivity index (χ1) is 10.1. The second kappa shape index (κ2) is 5.16. The average molecular weight is 284 g/mol. The minimum absolute atomic E-state index is 0.344. The van der Waals surface area contributed by atoms with Crippen molar-refractivity contribution in [2.75, 3.05) is 0 Å². The van der Waals surface area contributed by atoms with E-state index < -0.39 is 12.0 Å². The first-order valence-electron chi connectivity index (χ1n) is 6.96. The molecule has 1 unspecified atom stereocenters. The van der Waals surface area contributed by atoms with Crippen molar-refractivity contribution >= 4 is 22.8 Å². The number of carbonyl (C=O) groups excluding carboxylic acids is 2. The second-order valence-electron chi connectivity index (χ2n) is 5.22. The lowest BCUT2D eigenvalue weighted by Crippen LogP contribution is -2.23. The van der Waals surface area contributed by atoms with Gasteiger partial charge >= 0.3 is 5.97 Å². The van der Waals surface area contributed by atoms with Gasteiger partial charge in [-0.2, -0.15) is 0 Å². The fourth-order valence-corrected chi connectivity index (χ4v) is 2.99. The Morgan fingerprint density at radius 3 is 2.81 bits per heavy atom. The fraction of sp³-hybridized carbons (Fsp3) is 0.312. The van der Waals surface area contributed by atoms with Crippen LogP contribution >= 0.6 is 0 Å². The van der Waals surface area contributed by atoms with Gasteiger partial charge in [0.1, 0.15) is 6.10 Å². The van der Waals surface area contributed by atoms with E-state index in [1.54, 1.807) is 0 Å². The molecule has 1 amide bonds. The number of benzene rings is 1. The fourth-order valence-electron chi connectivity index (χ4n) is 2.99. The van der Waals surface area contributed by atoms with E-state index in [2.05, 4.69) is 4.98 Å². The average Bonchev–Trinajstić information content (AvgIpc) is 2.44. The molecule has 3 rings (SSSR count). The Hall–Kier alpha value is -2.43. The van der Waals surface area contributed by atoms with E-state index in [-0.39, 0.29) is 5.97 Å². The largest absolute Gasteiger partial charge is 0.456 e. The van der Waals surface area contributed by atoms with Gasteiger partial charge in [-0.25, -0.2) is 4.98 Å². The van der Waals surface area contributed by atoms with Crippen LogP contribution < -0.4 is 5.73 Å². The van der Waals surface area contributed by atoms with Gasteiger partial charge in [-0.15, -0.1) is 0 Å². The number of ether oxygens (including phenoxy) is 1. The van der Waals surface area contributed by atoms with Gasteiger partial charge in [-0.05, 0) is 30.9 Å². The number of fused-ring (bicyclic) bond motifs is 2. The maximum atomic E-state index is 11.9. The van der Waals surface area contributed by atoms with Crippen molar-refractivity contribution in [2.24, 2.45) is 5.73 Å². The van der Waals surface area contributed by atoms with Crippen molar-refractivity contribution in [2.45, 2.75) is 32.3 Å². The maximum absolute atomic E-state index is 11.9. The molecule has 0 aliphatic heterocycles. The van der Waals surface area contributed by atoms with Gasteiger partial charge in [-0.1, -0.05) is 18.2 Å². The Bertz CT molecular complexity index is 740. The number of amides is 1. The van der Waals surface area contributed by atoms with Crippen LogP contribution in [-0.2, 0) is 16.0 Å². The monoisotopic (exact) mass is 284 g/mol. The third kappa shape index (κ3) is 2.35. The van der Waals surface area contributed by atoms with Gasteiger partial charge < -0.3 is 10.5 Å². The van der Waals surface area contributed by atoms with Crippen molar-refractivity contribution < 1.29 is 14.3 Å². The van der Waals surface area contributed by atoms with Gasteiger partial charge in [0.2, 0.25) is 5.91 Å². The molecule has 0 radical (unpaired) electrons. The molecule has 1 heterocycles. The van der Waals surface area contributed by atoms with E-state index >= 15 is 0 Å². The molecular formula is C16H16N2O3. The number of rotatable bonds is 2. The van der Waals surface area contributed by atoms with Crippen LogP contribution in [0.1, 0.15) is 47.5 Å². The number of primary amides is 1. The summed E-state index contributed by atoms with van der Waals surface area (Å²) in [4.78, 5) is 27.8. The lowest BCUT2D eigenvalue weighted by molar-refractivity contribution is -0.147. The molecule has 1 aromatic heterocycles. The van der Waals surface area contributed by atoms with Crippen LogP contribution in [0.5, 0.6) is 0 Å². The van der Waals surface area contributed by atoms with Gasteiger partial charge in [0.25, 0.3) is 0 Å². The Kier molecular flexibility index (Phi) is 3.33. The number of hydrogen-bond acceptors (Lipinski definition) is 4. The highest BCUT2D eigenvalue weighted by Crippen LogP contribution is 2.36. The van der Waals surface area contributed by atoms with Crippen LogP contribution in [0.2, 0.25) is 0 Å². The van der Waals surface area contributed by atoms with Crippen molar-refractivity contribution in [3.8, 4) is 0 Å². The molecule has 108 valence electrons. The van der Waals surface area contributed by atoms with E-state index in [0.29, 0.717) is 16.8 Å². The lowest BCUT2D eigenvalue weighted by Gasteiger charge is -2.26. The third-order valence-corrected chi connectivity index (χ3v) is 3.78. The van der Waals surface area contributed by atoms with Crippen LogP contribution in [0.4, 0.5) is 0 Å². The quantitative estimate of drug-likeness (QED) is 0.858. The SMILES string of the molecule is CC(=O)OC1CCCc2c1nc1ccccc1c2C(N)=O. The Morgan fingerprint density at radius 2 is 2.10 bits per heavy atom. The standard InChI is InChI=1S/C16H16N2O3/c1-9(19)21-13-8-4-6-11-14(16(17)20)10-5-2-3-7-12(10)18-15(11)13/h2-3,5,7,13H,4,6,8H2,1H3,(H2,17,20). The molecule has 1 atom stereocenters. The predicted molar refractivity (Wildman–Crippen MR) is 77.7 cm³/mol. The van der Waals surface area contributed by atoms with Gasteiger partial charge in [0.15, 0.2) is 0 Å². The zero-order chi connectivity index (χ0) is 15.0. The van der Waals surface area contributed by atoms with Crippen molar-refractivity contribution in [3.63, 3.8) is 0 Å². The zero-order valence-corrected chi connectivity index (χ0v) is 11.8. The normalized spacial score (nSPS) is 17.3. The van der Waals surface area contributed by atoms with E-state index in [1.165, 1.54) is 6.92 Å². The molecule has 0 spiro atoms. The van der Waals surface area contributed by atoms with E-state index in [4.69, 9.17) is 10.5 Å². The van der Waals surface area contributed by atoms with Crippen LogP contribution in [0.15, 0.2) is 24.3 Å². The molecule has 1 aromatic carbocycles. The number of nitrogens with zero attached hydrogens (tertiary/aromatic N) is 1. The Morgan fingerprint density at radius 1 is 1.33 bits per heavy atom. The van der Waals surface area contributed by atoms with E-state index in [9.17, 15) is 9.59 Å². The van der Waals surface area contributed by atoms with Crippen molar-refractivity contribution in [3.05, 3.63) is 41.1 Å². The number of hydrogen-bond donors (Lipinski definition) is 1. The summed E-state index contributed by atoms with van der Waals surface area (Å²) in [5.41, 5.74) is 8.27. The number of pyridine rings is 1. The number of carbonyl (C=O) groups is 2. The third-order valence-electron chi connectivity index (χ3n) is 3.78. The molecule has 0 fully saturated rings. The molecule has 2 N–H and O–H groups in total. The predicted octanol–water partition coefficient (Wildman–Crippen LogP) is 2.27. The molecule has 5 nitrogen and oxygen atoms in total. The summed E-state index contributed by atoms with van der Waals surface area (Å²) < 4.78 is 5.35. The topological polar surface area (TPSA) is 82.3 Å². The van der Waals surface area contributed by atoms with E-state index in [1.807, 2.05) is 24.3 Å². The second-order valence-corrected chi connectivity index (χ2v) is 5.22. The first-order valence-corrected chi connectivity index (χ1v) is 6.96. The molecule has 0 saturated heterocycles. The Labute approximate surface area is 122 Å². The molecule has 2 aromatic rings. The summed E-state index contributed by atoms with van der Waals surface area (Å²) in [6.07, 6.45) is 1.89. The minimum atomic E-state index is -0.465. The molecular weight excluding hydrogens is 268 g/mol. The molecule has 1 aliphatic carbocycles. The number of para-hydroxylation sites is 1. The molecule has 1 aliphatic rings.